The Bertz CT molecular complexity index is 561. The maximum Gasteiger partial charge on any atom is 0.240 e. The van der Waals surface area contributed by atoms with Gasteiger partial charge in [-0.3, -0.25) is 4.79 Å². The van der Waals surface area contributed by atoms with Crippen LogP contribution in [-0.2, 0) is 14.8 Å². The highest BCUT2D eigenvalue weighted by molar-refractivity contribution is 7.89. The molecule has 2 N–H and O–H groups in total. The van der Waals surface area contributed by atoms with E-state index in [1.165, 1.54) is 17.0 Å². The zero-order valence-corrected chi connectivity index (χ0v) is 12.9. The minimum atomic E-state index is -3.72. The first-order valence-electron chi connectivity index (χ1n) is 6.50. The van der Waals surface area contributed by atoms with E-state index < -0.39 is 15.8 Å². The van der Waals surface area contributed by atoms with Crippen molar-refractivity contribution in [3.05, 3.63) is 30.1 Å². The molecule has 1 amide bonds. The van der Waals surface area contributed by atoms with Crippen molar-refractivity contribution in [2.75, 3.05) is 33.7 Å². The van der Waals surface area contributed by atoms with Gasteiger partial charge in [-0.2, -0.15) is 0 Å². The van der Waals surface area contributed by atoms with E-state index in [0.717, 1.165) is 12.1 Å². The van der Waals surface area contributed by atoms with Gasteiger partial charge in [0.25, 0.3) is 0 Å². The molecule has 6 nitrogen and oxygen atoms in total. The summed E-state index contributed by atoms with van der Waals surface area (Å²) in [5.41, 5.74) is 0. The maximum atomic E-state index is 12.8. The Labute approximate surface area is 124 Å². The van der Waals surface area contributed by atoms with Crippen LogP contribution in [0.15, 0.2) is 29.2 Å². The smallest absolute Gasteiger partial charge is 0.240 e. The molecule has 1 rings (SSSR count). The third-order valence-electron chi connectivity index (χ3n) is 2.88. The lowest BCUT2D eigenvalue weighted by Gasteiger charge is -2.16. The standard InChI is InChI=1S/C13H20FN3O3S/c1-15-9-10-17(2)13(18)7-8-16-21(19,20)12-5-3-11(14)4-6-12/h3-6,15-16H,7-10H2,1-2H3. The Morgan fingerprint density at radius 2 is 1.86 bits per heavy atom. The number of carbonyl (C=O) groups is 1. The highest BCUT2D eigenvalue weighted by Gasteiger charge is 2.15. The maximum absolute atomic E-state index is 12.8. The molecule has 0 unspecified atom stereocenters. The summed E-state index contributed by atoms with van der Waals surface area (Å²) in [6.07, 6.45) is 0.0701. The van der Waals surface area contributed by atoms with Crippen LogP contribution < -0.4 is 10.0 Å². The van der Waals surface area contributed by atoms with Gasteiger partial charge in [-0.15, -0.1) is 0 Å². The average molecular weight is 317 g/mol. The summed E-state index contributed by atoms with van der Waals surface area (Å²) in [6, 6.07) is 4.51. The van der Waals surface area contributed by atoms with Crippen LogP contribution >= 0.6 is 0 Å². The first-order chi connectivity index (χ1) is 9.86. The molecular weight excluding hydrogens is 297 g/mol. The molecule has 0 saturated carbocycles. The minimum absolute atomic E-state index is 0.00242. The van der Waals surface area contributed by atoms with Crippen LogP contribution in [0.3, 0.4) is 0 Å². The van der Waals surface area contributed by atoms with Gasteiger partial charge < -0.3 is 10.2 Å². The number of sulfonamides is 1. The van der Waals surface area contributed by atoms with Crippen molar-refractivity contribution in [2.24, 2.45) is 0 Å². The number of hydrogen-bond acceptors (Lipinski definition) is 4. The Kier molecular flexibility index (Phi) is 6.73. The molecule has 0 aromatic heterocycles. The molecule has 1 aromatic rings. The van der Waals surface area contributed by atoms with Gasteiger partial charge in [0, 0.05) is 33.1 Å². The number of likely N-dealkylation sites (N-methyl/N-ethyl adjacent to an activating group) is 2. The molecule has 0 spiro atoms. The van der Waals surface area contributed by atoms with Crippen LogP contribution in [0.4, 0.5) is 4.39 Å². The highest BCUT2D eigenvalue weighted by atomic mass is 32.2. The van der Waals surface area contributed by atoms with E-state index in [4.69, 9.17) is 0 Å². The van der Waals surface area contributed by atoms with Gasteiger partial charge in [-0.05, 0) is 31.3 Å². The molecule has 8 heteroatoms. The predicted octanol–water partition coefficient (Wildman–Crippen LogP) is 0.172. The quantitative estimate of drug-likeness (QED) is 0.716. The second kappa shape index (κ2) is 8.06. The molecule has 0 aliphatic rings. The van der Waals surface area contributed by atoms with Crippen molar-refractivity contribution in [1.29, 1.82) is 0 Å². The summed E-state index contributed by atoms with van der Waals surface area (Å²) in [4.78, 5) is 13.2. The molecule has 1 aromatic carbocycles. The zero-order valence-electron chi connectivity index (χ0n) is 12.1. The van der Waals surface area contributed by atoms with Crippen LogP contribution in [0.5, 0.6) is 0 Å². The van der Waals surface area contributed by atoms with Crippen molar-refractivity contribution >= 4 is 15.9 Å². The highest BCUT2D eigenvalue weighted by Crippen LogP contribution is 2.09. The number of halogens is 1. The number of carbonyl (C=O) groups excluding carboxylic acids is 1. The summed E-state index contributed by atoms with van der Waals surface area (Å²) < 4.78 is 38.9. The third-order valence-corrected chi connectivity index (χ3v) is 4.35. The van der Waals surface area contributed by atoms with Gasteiger partial charge in [0.15, 0.2) is 0 Å². The Balaban J connectivity index is 2.47. The fourth-order valence-corrected chi connectivity index (χ4v) is 2.62. The van der Waals surface area contributed by atoms with Crippen LogP contribution in [0.2, 0.25) is 0 Å². The Morgan fingerprint density at radius 3 is 2.43 bits per heavy atom. The van der Waals surface area contributed by atoms with E-state index in [-0.39, 0.29) is 23.8 Å². The molecule has 0 bridgehead atoms. The van der Waals surface area contributed by atoms with Crippen molar-refractivity contribution in [3.8, 4) is 0 Å². The lowest BCUT2D eigenvalue weighted by atomic mass is 10.3. The third kappa shape index (κ3) is 5.78. The van der Waals surface area contributed by atoms with Crippen molar-refractivity contribution in [2.45, 2.75) is 11.3 Å². The van der Waals surface area contributed by atoms with E-state index in [2.05, 4.69) is 10.0 Å². The summed E-state index contributed by atoms with van der Waals surface area (Å²) in [5.74, 6) is -0.651. The van der Waals surface area contributed by atoms with E-state index in [9.17, 15) is 17.6 Å². The van der Waals surface area contributed by atoms with Gasteiger partial charge >= 0.3 is 0 Å². The Morgan fingerprint density at radius 1 is 1.24 bits per heavy atom. The monoisotopic (exact) mass is 317 g/mol. The number of benzene rings is 1. The molecule has 0 heterocycles. The van der Waals surface area contributed by atoms with E-state index >= 15 is 0 Å². The van der Waals surface area contributed by atoms with Crippen molar-refractivity contribution in [3.63, 3.8) is 0 Å². The van der Waals surface area contributed by atoms with Crippen molar-refractivity contribution < 1.29 is 17.6 Å². The summed E-state index contributed by atoms with van der Waals surface area (Å²) in [7, 11) is -0.267. The zero-order chi connectivity index (χ0) is 15.9. The molecule has 0 atom stereocenters. The van der Waals surface area contributed by atoms with Gasteiger partial charge in [0.1, 0.15) is 5.82 Å². The molecule has 0 radical (unpaired) electrons. The largest absolute Gasteiger partial charge is 0.344 e. The van der Waals surface area contributed by atoms with E-state index in [1.54, 1.807) is 14.1 Å². The van der Waals surface area contributed by atoms with Crippen LogP contribution in [0.1, 0.15) is 6.42 Å². The summed E-state index contributed by atoms with van der Waals surface area (Å²) >= 11 is 0. The number of nitrogens with one attached hydrogen (secondary N) is 2. The molecular formula is C13H20FN3O3S. The first kappa shape index (κ1) is 17.5. The molecule has 0 aliphatic carbocycles. The van der Waals surface area contributed by atoms with Gasteiger partial charge in [-0.1, -0.05) is 0 Å². The normalized spacial score (nSPS) is 11.4. The predicted molar refractivity (Wildman–Crippen MR) is 77.8 cm³/mol. The van der Waals surface area contributed by atoms with Crippen LogP contribution in [-0.4, -0.2) is 53.0 Å². The second-order valence-corrected chi connectivity index (χ2v) is 6.29. The SMILES string of the molecule is CNCCN(C)C(=O)CCNS(=O)(=O)c1ccc(F)cc1. The first-order valence-corrected chi connectivity index (χ1v) is 7.99. The fraction of sp³-hybridized carbons (Fsp3) is 0.462. The van der Waals surface area contributed by atoms with Gasteiger partial charge in [0.2, 0.25) is 15.9 Å². The minimum Gasteiger partial charge on any atom is -0.344 e. The fourth-order valence-electron chi connectivity index (χ4n) is 1.58. The van der Waals surface area contributed by atoms with Gasteiger partial charge in [-0.25, -0.2) is 17.5 Å². The Hall–Kier alpha value is -1.51. The summed E-state index contributed by atoms with van der Waals surface area (Å²) in [6.45, 7) is 1.23. The van der Waals surface area contributed by atoms with Crippen LogP contribution in [0.25, 0.3) is 0 Å². The molecule has 0 aliphatic heterocycles. The molecule has 21 heavy (non-hydrogen) atoms. The molecule has 0 saturated heterocycles. The second-order valence-electron chi connectivity index (χ2n) is 4.52. The molecule has 0 fully saturated rings. The van der Waals surface area contributed by atoms with E-state index in [0.29, 0.717) is 13.1 Å². The molecule has 118 valence electrons. The van der Waals surface area contributed by atoms with Crippen molar-refractivity contribution in [1.82, 2.24) is 14.9 Å². The number of rotatable bonds is 8. The number of nitrogens with zero attached hydrogens (tertiary/aromatic N) is 1. The number of hydrogen-bond donors (Lipinski definition) is 2. The topological polar surface area (TPSA) is 78.5 Å². The number of amides is 1. The average Bonchev–Trinajstić information content (AvgIpc) is 2.44. The summed E-state index contributed by atoms with van der Waals surface area (Å²) in [5, 5.41) is 2.92. The van der Waals surface area contributed by atoms with Gasteiger partial charge in [0.05, 0.1) is 4.90 Å². The van der Waals surface area contributed by atoms with E-state index in [1.807, 2.05) is 0 Å². The lowest BCUT2D eigenvalue weighted by molar-refractivity contribution is -0.129. The lowest BCUT2D eigenvalue weighted by Crippen LogP contribution is -2.35. The van der Waals surface area contributed by atoms with Crippen LogP contribution in [0, 0.1) is 5.82 Å².